The lowest BCUT2D eigenvalue weighted by atomic mass is 10.0. The number of fused-ring (bicyclic) bond motifs is 2. The largest absolute Gasteiger partial charge is 0.495 e. The van der Waals surface area contributed by atoms with Crippen LogP contribution in [0.5, 0.6) is 5.75 Å². The van der Waals surface area contributed by atoms with Crippen LogP contribution in [0.2, 0.25) is 0 Å². The van der Waals surface area contributed by atoms with E-state index < -0.39 is 0 Å². The maximum atomic E-state index is 13.0. The molecule has 0 spiro atoms. The van der Waals surface area contributed by atoms with Crippen LogP contribution in [-0.4, -0.2) is 13.0 Å². The Bertz CT molecular complexity index is 1130. The van der Waals surface area contributed by atoms with E-state index >= 15 is 0 Å². The van der Waals surface area contributed by atoms with Crippen molar-refractivity contribution in [3.63, 3.8) is 0 Å². The number of ether oxygens (including phenoxy) is 1. The highest BCUT2D eigenvalue weighted by atomic mass is 79.9. The minimum atomic E-state index is -0.204. The van der Waals surface area contributed by atoms with Gasteiger partial charge in [0.15, 0.2) is 0 Å². The van der Waals surface area contributed by atoms with Crippen molar-refractivity contribution in [1.29, 1.82) is 0 Å². The molecule has 0 fully saturated rings. The van der Waals surface area contributed by atoms with Gasteiger partial charge in [0.25, 0.3) is 5.91 Å². The molecule has 0 aliphatic carbocycles. The summed E-state index contributed by atoms with van der Waals surface area (Å²) in [6, 6.07) is 23.6. The highest BCUT2D eigenvalue weighted by Gasteiger charge is 2.18. The molecule has 1 N–H and O–H groups in total. The zero-order chi connectivity index (χ0) is 18.1. The second-order valence-electron chi connectivity index (χ2n) is 5.97. The molecule has 0 aromatic heterocycles. The number of halogens is 1. The van der Waals surface area contributed by atoms with E-state index in [0.29, 0.717) is 11.3 Å². The van der Waals surface area contributed by atoms with E-state index in [2.05, 4.69) is 21.2 Å². The van der Waals surface area contributed by atoms with Gasteiger partial charge in [0.05, 0.1) is 17.1 Å². The minimum Gasteiger partial charge on any atom is -0.495 e. The summed E-state index contributed by atoms with van der Waals surface area (Å²) >= 11 is 3.58. The van der Waals surface area contributed by atoms with Crippen LogP contribution in [0.4, 0.5) is 5.69 Å². The van der Waals surface area contributed by atoms with E-state index in [1.54, 1.807) is 7.11 Å². The van der Waals surface area contributed by atoms with Gasteiger partial charge < -0.3 is 10.1 Å². The standard InChI is InChI=1S/C22H16BrNO2/c1-26-21-18(13-15-8-3-5-11-17(15)20(21)23)22(25)24-19-12-6-9-14-7-2-4-10-16(14)19/h2-13H,1H3,(H,24,25). The van der Waals surface area contributed by atoms with Crippen LogP contribution < -0.4 is 10.1 Å². The SMILES string of the molecule is COc1c(C(=O)Nc2cccc3ccccc23)cc2ccccc2c1Br. The third kappa shape index (κ3) is 2.82. The topological polar surface area (TPSA) is 38.3 Å². The van der Waals surface area contributed by atoms with Gasteiger partial charge in [-0.2, -0.15) is 0 Å². The molecular weight excluding hydrogens is 390 g/mol. The second kappa shape index (κ2) is 6.81. The van der Waals surface area contributed by atoms with Crippen molar-refractivity contribution in [2.45, 2.75) is 0 Å². The van der Waals surface area contributed by atoms with Crippen LogP contribution in [0.1, 0.15) is 10.4 Å². The molecule has 1 amide bonds. The zero-order valence-electron chi connectivity index (χ0n) is 14.1. The Balaban J connectivity index is 1.81. The fraction of sp³-hybridized carbons (Fsp3) is 0.0455. The zero-order valence-corrected chi connectivity index (χ0v) is 15.7. The van der Waals surface area contributed by atoms with Crippen molar-refractivity contribution in [1.82, 2.24) is 0 Å². The number of anilines is 1. The van der Waals surface area contributed by atoms with Gasteiger partial charge in [0.1, 0.15) is 5.75 Å². The first kappa shape index (κ1) is 16.6. The van der Waals surface area contributed by atoms with Gasteiger partial charge in [-0.15, -0.1) is 0 Å². The molecule has 0 atom stereocenters. The highest BCUT2D eigenvalue weighted by molar-refractivity contribution is 9.10. The van der Waals surface area contributed by atoms with Crippen LogP contribution in [0.15, 0.2) is 77.3 Å². The van der Waals surface area contributed by atoms with E-state index in [-0.39, 0.29) is 5.91 Å². The van der Waals surface area contributed by atoms with Gasteiger partial charge >= 0.3 is 0 Å². The number of carbonyl (C=O) groups is 1. The Labute approximate surface area is 159 Å². The Hall–Kier alpha value is -2.85. The molecule has 4 rings (SSSR count). The molecule has 0 saturated heterocycles. The summed E-state index contributed by atoms with van der Waals surface area (Å²) in [5.41, 5.74) is 1.27. The quantitative estimate of drug-likeness (QED) is 0.452. The van der Waals surface area contributed by atoms with Crippen LogP contribution in [0.3, 0.4) is 0 Å². The molecule has 0 aliphatic heterocycles. The summed E-state index contributed by atoms with van der Waals surface area (Å²) in [5.74, 6) is 0.325. The number of hydrogen-bond donors (Lipinski definition) is 1. The summed E-state index contributed by atoms with van der Waals surface area (Å²) in [5, 5.41) is 7.09. The van der Waals surface area contributed by atoms with Crippen LogP contribution in [0.25, 0.3) is 21.5 Å². The lowest BCUT2D eigenvalue weighted by Gasteiger charge is -2.14. The van der Waals surface area contributed by atoms with Crippen molar-refractivity contribution < 1.29 is 9.53 Å². The van der Waals surface area contributed by atoms with Crippen LogP contribution in [-0.2, 0) is 0 Å². The number of hydrogen-bond acceptors (Lipinski definition) is 2. The van der Waals surface area contributed by atoms with Crippen molar-refractivity contribution in [3.8, 4) is 5.75 Å². The Morgan fingerprint density at radius 3 is 2.31 bits per heavy atom. The predicted molar refractivity (Wildman–Crippen MR) is 110 cm³/mol. The smallest absolute Gasteiger partial charge is 0.259 e. The Kier molecular flexibility index (Phi) is 4.35. The predicted octanol–water partition coefficient (Wildman–Crippen LogP) is 6.02. The van der Waals surface area contributed by atoms with E-state index in [9.17, 15) is 4.79 Å². The molecule has 0 saturated carbocycles. The summed E-state index contributed by atoms with van der Waals surface area (Å²) in [6.07, 6.45) is 0. The number of nitrogens with one attached hydrogen (secondary N) is 1. The maximum absolute atomic E-state index is 13.0. The van der Waals surface area contributed by atoms with Gasteiger partial charge in [-0.3, -0.25) is 4.79 Å². The van der Waals surface area contributed by atoms with Crippen LogP contribution in [0, 0.1) is 0 Å². The average Bonchev–Trinajstić information content (AvgIpc) is 2.68. The lowest BCUT2D eigenvalue weighted by molar-refractivity contribution is 0.102. The minimum absolute atomic E-state index is 0.204. The fourth-order valence-corrected chi connectivity index (χ4v) is 3.91. The molecule has 128 valence electrons. The van der Waals surface area contributed by atoms with Gasteiger partial charge in [0.2, 0.25) is 0 Å². The fourth-order valence-electron chi connectivity index (χ4n) is 3.18. The molecule has 26 heavy (non-hydrogen) atoms. The third-order valence-corrected chi connectivity index (χ3v) is 5.21. The maximum Gasteiger partial charge on any atom is 0.259 e. The van der Waals surface area contributed by atoms with E-state index in [1.807, 2.05) is 72.8 Å². The number of carbonyl (C=O) groups excluding carboxylic acids is 1. The van der Waals surface area contributed by atoms with Gasteiger partial charge in [-0.05, 0) is 44.2 Å². The molecule has 0 radical (unpaired) electrons. The number of amides is 1. The summed E-state index contributed by atoms with van der Waals surface area (Å²) in [4.78, 5) is 13.0. The van der Waals surface area contributed by atoms with Crippen molar-refractivity contribution >= 4 is 49.1 Å². The number of methoxy groups -OCH3 is 1. The highest BCUT2D eigenvalue weighted by Crippen LogP contribution is 2.37. The van der Waals surface area contributed by atoms with Gasteiger partial charge in [-0.25, -0.2) is 0 Å². The van der Waals surface area contributed by atoms with Crippen molar-refractivity contribution in [3.05, 3.63) is 82.8 Å². The van der Waals surface area contributed by atoms with E-state index in [0.717, 1.165) is 31.7 Å². The van der Waals surface area contributed by atoms with Gasteiger partial charge in [0, 0.05) is 11.1 Å². The third-order valence-electron chi connectivity index (χ3n) is 4.43. The molecule has 3 nitrogen and oxygen atoms in total. The normalized spacial score (nSPS) is 10.8. The van der Waals surface area contributed by atoms with Crippen LogP contribution >= 0.6 is 15.9 Å². The number of benzene rings is 4. The molecule has 4 aromatic rings. The molecule has 0 aliphatic rings. The van der Waals surface area contributed by atoms with Gasteiger partial charge in [-0.1, -0.05) is 60.7 Å². The molecule has 0 bridgehead atoms. The summed E-state index contributed by atoms with van der Waals surface area (Å²) in [7, 11) is 1.57. The molecule has 4 heteroatoms. The van der Waals surface area contributed by atoms with Crippen molar-refractivity contribution in [2.75, 3.05) is 12.4 Å². The van der Waals surface area contributed by atoms with Crippen molar-refractivity contribution in [2.24, 2.45) is 0 Å². The molecule has 0 heterocycles. The van der Waals surface area contributed by atoms with E-state index in [4.69, 9.17) is 4.74 Å². The second-order valence-corrected chi connectivity index (χ2v) is 6.77. The summed E-state index contributed by atoms with van der Waals surface area (Å²) in [6.45, 7) is 0. The first-order valence-corrected chi connectivity index (χ1v) is 9.02. The lowest BCUT2D eigenvalue weighted by Crippen LogP contribution is -2.14. The molecule has 4 aromatic carbocycles. The summed E-state index contributed by atoms with van der Waals surface area (Å²) < 4.78 is 6.30. The molecular formula is C22H16BrNO2. The monoisotopic (exact) mass is 405 g/mol. The number of rotatable bonds is 3. The molecule has 0 unspecified atom stereocenters. The Morgan fingerprint density at radius 2 is 1.54 bits per heavy atom. The Morgan fingerprint density at radius 1 is 0.885 bits per heavy atom. The van der Waals surface area contributed by atoms with E-state index in [1.165, 1.54) is 0 Å². The average molecular weight is 406 g/mol. The first-order chi connectivity index (χ1) is 12.7. The first-order valence-electron chi connectivity index (χ1n) is 8.23.